The van der Waals surface area contributed by atoms with Crippen molar-refractivity contribution >= 4 is 27.5 Å². The molecule has 3 aromatic heterocycles. The summed E-state index contributed by atoms with van der Waals surface area (Å²) in [6.45, 7) is 1.50. The van der Waals surface area contributed by atoms with Crippen LogP contribution in [0.4, 0.5) is 13.2 Å². The highest BCUT2D eigenvalue weighted by Crippen LogP contribution is 2.33. The van der Waals surface area contributed by atoms with Gasteiger partial charge in [0, 0.05) is 18.0 Å². The van der Waals surface area contributed by atoms with Gasteiger partial charge >= 0.3 is 6.18 Å². The molecule has 0 bridgehead atoms. The Hall–Kier alpha value is -2.75. The summed E-state index contributed by atoms with van der Waals surface area (Å²) >= 11 is 0.868. The Bertz CT molecular complexity index is 982. The van der Waals surface area contributed by atoms with Gasteiger partial charge in [-0.2, -0.15) is 13.2 Å². The molecule has 3 heterocycles. The van der Waals surface area contributed by atoms with E-state index in [2.05, 4.69) is 15.0 Å². The SMILES string of the molecule is Cc1c(C(=O)NC(c2cccnc2)C(F)(F)F)sc2nc[nH]c(=O)c12. The van der Waals surface area contributed by atoms with Gasteiger partial charge < -0.3 is 10.3 Å². The van der Waals surface area contributed by atoms with Crippen molar-refractivity contribution in [3.63, 3.8) is 0 Å². The molecular weight excluding hydrogens is 357 g/mol. The van der Waals surface area contributed by atoms with Crippen LogP contribution in [-0.4, -0.2) is 27.0 Å². The molecule has 0 saturated heterocycles. The minimum Gasteiger partial charge on any atom is -0.336 e. The Morgan fingerprint density at radius 2 is 2.16 bits per heavy atom. The maximum absolute atomic E-state index is 13.3. The second kappa shape index (κ2) is 6.28. The number of pyridine rings is 1. The maximum Gasteiger partial charge on any atom is 0.412 e. The molecule has 0 spiro atoms. The van der Waals surface area contributed by atoms with Crippen LogP contribution in [0.3, 0.4) is 0 Å². The van der Waals surface area contributed by atoms with E-state index in [1.165, 1.54) is 31.6 Å². The van der Waals surface area contributed by atoms with Gasteiger partial charge in [0.1, 0.15) is 4.83 Å². The summed E-state index contributed by atoms with van der Waals surface area (Å²) in [5, 5.41) is 2.17. The van der Waals surface area contributed by atoms with E-state index >= 15 is 0 Å². The van der Waals surface area contributed by atoms with Crippen molar-refractivity contribution in [2.75, 3.05) is 0 Å². The maximum atomic E-state index is 13.3. The molecule has 25 heavy (non-hydrogen) atoms. The summed E-state index contributed by atoms with van der Waals surface area (Å²) in [6.07, 6.45) is -1.13. The van der Waals surface area contributed by atoms with Gasteiger partial charge in [0.05, 0.1) is 16.6 Å². The first-order valence-electron chi connectivity index (χ1n) is 7.03. The Balaban J connectivity index is 1.99. The van der Waals surface area contributed by atoms with Crippen molar-refractivity contribution in [3.05, 3.63) is 57.2 Å². The fourth-order valence-corrected chi connectivity index (χ4v) is 3.45. The van der Waals surface area contributed by atoms with Crippen molar-refractivity contribution in [1.82, 2.24) is 20.3 Å². The summed E-state index contributed by atoms with van der Waals surface area (Å²) in [4.78, 5) is 34.5. The van der Waals surface area contributed by atoms with Crippen LogP contribution in [0.1, 0.15) is 26.8 Å². The van der Waals surface area contributed by atoms with Gasteiger partial charge in [-0.3, -0.25) is 14.6 Å². The zero-order valence-corrected chi connectivity index (χ0v) is 13.5. The molecule has 1 amide bonds. The molecule has 0 saturated carbocycles. The van der Waals surface area contributed by atoms with Crippen LogP contribution in [0.5, 0.6) is 0 Å². The predicted molar refractivity (Wildman–Crippen MR) is 85.5 cm³/mol. The number of nitrogens with one attached hydrogen (secondary N) is 2. The number of amides is 1. The third kappa shape index (κ3) is 3.25. The van der Waals surface area contributed by atoms with Crippen LogP contribution in [0, 0.1) is 6.92 Å². The highest BCUT2D eigenvalue weighted by Gasteiger charge is 2.42. The van der Waals surface area contributed by atoms with Crippen molar-refractivity contribution < 1.29 is 18.0 Å². The average molecular weight is 368 g/mol. The highest BCUT2D eigenvalue weighted by atomic mass is 32.1. The lowest BCUT2D eigenvalue weighted by atomic mass is 10.1. The molecule has 3 aromatic rings. The lowest BCUT2D eigenvalue weighted by Crippen LogP contribution is -2.38. The zero-order chi connectivity index (χ0) is 18.2. The highest BCUT2D eigenvalue weighted by molar-refractivity contribution is 7.20. The number of carbonyl (C=O) groups is 1. The number of alkyl halides is 3. The summed E-state index contributed by atoms with van der Waals surface area (Å²) in [5.74, 6) is -0.925. The van der Waals surface area contributed by atoms with Gasteiger partial charge in [-0.1, -0.05) is 6.07 Å². The first kappa shape index (κ1) is 17.1. The smallest absolute Gasteiger partial charge is 0.336 e. The number of aromatic nitrogens is 3. The first-order valence-corrected chi connectivity index (χ1v) is 7.85. The van der Waals surface area contributed by atoms with Gasteiger partial charge in [-0.15, -0.1) is 11.3 Å². The summed E-state index contributed by atoms with van der Waals surface area (Å²) in [7, 11) is 0. The number of rotatable bonds is 3. The van der Waals surface area contributed by atoms with Gasteiger partial charge in [0.2, 0.25) is 0 Å². The molecule has 10 heteroatoms. The molecule has 1 atom stereocenters. The van der Waals surface area contributed by atoms with E-state index in [4.69, 9.17) is 0 Å². The van der Waals surface area contributed by atoms with E-state index in [1.54, 1.807) is 0 Å². The topological polar surface area (TPSA) is 87.7 Å². The Kier molecular flexibility index (Phi) is 4.29. The van der Waals surface area contributed by atoms with E-state index in [9.17, 15) is 22.8 Å². The summed E-state index contributed by atoms with van der Waals surface area (Å²) < 4.78 is 40.0. The normalized spacial score (nSPS) is 13.0. The fraction of sp³-hybridized carbons (Fsp3) is 0.200. The molecule has 3 rings (SSSR count). The van der Waals surface area contributed by atoms with Crippen molar-refractivity contribution in [2.24, 2.45) is 0 Å². The Labute approximate surface area is 142 Å². The second-order valence-electron chi connectivity index (χ2n) is 5.20. The van der Waals surface area contributed by atoms with Crippen LogP contribution < -0.4 is 10.9 Å². The Morgan fingerprint density at radius 3 is 2.76 bits per heavy atom. The van der Waals surface area contributed by atoms with Crippen LogP contribution in [0.15, 0.2) is 35.6 Å². The number of hydrogen-bond donors (Lipinski definition) is 2. The molecule has 130 valence electrons. The molecule has 0 aliphatic heterocycles. The monoisotopic (exact) mass is 368 g/mol. The lowest BCUT2D eigenvalue weighted by molar-refractivity contribution is -0.155. The molecule has 1 unspecified atom stereocenters. The van der Waals surface area contributed by atoms with Crippen molar-refractivity contribution in [2.45, 2.75) is 19.1 Å². The van der Waals surface area contributed by atoms with Gasteiger partial charge in [0.25, 0.3) is 11.5 Å². The van der Waals surface area contributed by atoms with Crippen LogP contribution in [0.2, 0.25) is 0 Å². The minimum atomic E-state index is -4.70. The summed E-state index contributed by atoms with van der Waals surface area (Å²) in [5.41, 5.74) is -0.338. The van der Waals surface area contributed by atoms with Crippen molar-refractivity contribution in [1.29, 1.82) is 0 Å². The van der Waals surface area contributed by atoms with E-state index in [1.807, 2.05) is 5.32 Å². The number of aromatic amines is 1. The number of nitrogens with zero attached hydrogens (tertiary/aromatic N) is 2. The predicted octanol–water partition coefficient (Wildman–Crippen LogP) is 2.72. The molecule has 0 radical (unpaired) electrons. The van der Waals surface area contributed by atoms with Crippen molar-refractivity contribution in [3.8, 4) is 0 Å². The van der Waals surface area contributed by atoms with E-state index in [0.29, 0.717) is 5.56 Å². The van der Waals surface area contributed by atoms with Gasteiger partial charge in [-0.25, -0.2) is 4.98 Å². The fourth-order valence-electron chi connectivity index (χ4n) is 2.39. The number of aryl methyl sites for hydroxylation is 1. The van der Waals surface area contributed by atoms with Crippen LogP contribution >= 0.6 is 11.3 Å². The number of fused-ring (bicyclic) bond motifs is 1. The number of thiophene rings is 1. The summed E-state index contributed by atoms with van der Waals surface area (Å²) in [6, 6.07) is 0.383. The minimum absolute atomic E-state index is 0.0114. The first-order chi connectivity index (χ1) is 11.8. The molecule has 6 nitrogen and oxygen atoms in total. The number of hydrogen-bond acceptors (Lipinski definition) is 5. The number of carbonyl (C=O) groups excluding carboxylic acids is 1. The molecule has 0 aromatic carbocycles. The third-order valence-electron chi connectivity index (χ3n) is 3.56. The molecule has 0 fully saturated rings. The second-order valence-corrected chi connectivity index (χ2v) is 6.20. The van der Waals surface area contributed by atoms with Crippen LogP contribution in [0.25, 0.3) is 10.2 Å². The molecular formula is C15H11F3N4O2S. The van der Waals surface area contributed by atoms with Gasteiger partial charge in [0.15, 0.2) is 6.04 Å². The molecule has 2 N–H and O–H groups in total. The largest absolute Gasteiger partial charge is 0.412 e. The van der Waals surface area contributed by atoms with E-state index in [-0.39, 0.29) is 20.7 Å². The van der Waals surface area contributed by atoms with Gasteiger partial charge in [-0.05, 0) is 18.6 Å². The number of H-pyrrole nitrogens is 1. The third-order valence-corrected chi connectivity index (χ3v) is 4.76. The average Bonchev–Trinajstić information content (AvgIpc) is 2.90. The van der Waals surface area contributed by atoms with E-state index < -0.39 is 23.7 Å². The lowest BCUT2D eigenvalue weighted by Gasteiger charge is -2.21. The zero-order valence-electron chi connectivity index (χ0n) is 12.7. The Morgan fingerprint density at radius 1 is 1.40 bits per heavy atom. The quantitative estimate of drug-likeness (QED) is 0.744. The van der Waals surface area contributed by atoms with E-state index in [0.717, 1.165) is 17.5 Å². The molecule has 0 aliphatic rings. The van der Waals surface area contributed by atoms with Crippen LogP contribution in [-0.2, 0) is 0 Å². The standard InChI is InChI=1S/C15H11F3N4O2S/c1-7-9-12(23)20-6-21-14(9)25-10(7)13(24)22-11(15(16,17)18)8-3-2-4-19-5-8/h2-6,11H,1H3,(H,22,24)(H,20,21,23). The number of halogens is 3. The molecule has 0 aliphatic carbocycles.